The van der Waals surface area contributed by atoms with E-state index in [0.717, 1.165) is 54.4 Å². The van der Waals surface area contributed by atoms with Gasteiger partial charge in [-0.15, -0.1) is 11.3 Å². The smallest absolute Gasteiger partial charge is 0.226 e. The lowest BCUT2D eigenvalue weighted by molar-refractivity contribution is -0.137. The highest BCUT2D eigenvalue weighted by Crippen LogP contribution is 2.26. The minimum atomic E-state index is 0.0262. The van der Waals surface area contributed by atoms with E-state index >= 15 is 0 Å². The molecular formula is C22H28N6OS. The summed E-state index contributed by atoms with van der Waals surface area (Å²) in [5.41, 5.74) is 3.22. The maximum absolute atomic E-state index is 13.1. The minimum absolute atomic E-state index is 0.0262. The molecule has 158 valence electrons. The molecule has 8 heteroatoms. The highest BCUT2D eigenvalue weighted by atomic mass is 32.1. The summed E-state index contributed by atoms with van der Waals surface area (Å²) in [6, 6.07) is 8.17. The molecule has 0 bridgehead atoms. The van der Waals surface area contributed by atoms with Gasteiger partial charge in [0.2, 0.25) is 5.91 Å². The van der Waals surface area contributed by atoms with Gasteiger partial charge in [-0.05, 0) is 57.5 Å². The first kappa shape index (κ1) is 20.7. The van der Waals surface area contributed by atoms with Crippen LogP contribution in [0.1, 0.15) is 42.1 Å². The van der Waals surface area contributed by atoms with E-state index in [2.05, 4.69) is 44.4 Å². The summed E-state index contributed by atoms with van der Waals surface area (Å²) in [4.78, 5) is 26.0. The van der Waals surface area contributed by atoms with Gasteiger partial charge < -0.3 is 4.90 Å². The Bertz CT molecular complexity index is 960. The molecule has 1 aliphatic heterocycles. The van der Waals surface area contributed by atoms with Crippen LogP contribution in [0, 0.1) is 12.8 Å². The van der Waals surface area contributed by atoms with Crippen molar-refractivity contribution < 1.29 is 4.79 Å². The Balaban J connectivity index is 1.32. The molecule has 1 aromatic carbocycles. The van der Waals surface area contributed by atoms with Crippen LogP contribution < -0.4 is 0 Å². The van der Waals surface area contributed by atoms with Gasteiger partial charge >= 0.3 is 0 Å². The summed E-state index contributed by atoms with van der Waals surface area (Å²) < 4.78 is 1.73. The van der Waals surface area contributed by atoms with Crippen LogP contribution in [0.3, 0.4) is 0 Å². The SMILES string of the molecule is Cc1nc(CN2CCC(C(=O)N(C)C(C)c3ccc(-n4cncn4)cc3)CC2)cs1. The van der Waals surface area contributed by atoms with Crippen LogP contribution in [0.5, 0.6) is 0 Å². The summed E-state index contributed by atoms with van der Waals surface area (Å²) in [5, 5.41) is 7.40. The number of aryl methyl sites for hydroxylation is 1. The van der Waals surface area contributed by atoms with E-state index in [0.29, 0.717) is 0 Å². The molecule has 7 nitrogen and oxygen atoms in total. The van der Waals surface area contributed by atoms with Gasteiger partial charge in [-0.2, -0.15) is 5.10 Å². The van der Waals surface area contributed by atoms with Crippen LogP contribution in [0.25, 0.3) is 5.69 Å². The standard InChI is InChI=1S/C22H28N6OS/c1-16(18-4-6-21(7-5-18)28-15-23-14-24-28)26(3)22(29)19-8-10-27(11-9-19)12-20-13-30-17(2)25-20/h4-7,13-16,19H,8-12H2,1-3H3. The highest BCUT2D eigenvalue weighted by molar-refractivity contribution is 7.09. The molecule has 1 saturated heterocycles. The molecule has 0 saturated carbocycles. The number of rotatable bonds is 6. The first-order valence-electron chi connectivity index (χ1n) is 10.4. The average Bonchev–Trinajstić information content (AvgIpc) is 3.45. The number of thiazole rings is 1. The quantitative estimate of drug-likeness (QED) is 0.606. The van der Waals surface area contributed by atoms with Crippen LogP contribution in [0.2, 0.25) is 0 Å². The van der Waals surface area contributed by atoms with Crippen LogP contribution in [-0.2, 0) is 11.3 Å². The zero-order valence-corrected chi connectivity index (χ0v) is 18.5. The number of amides is 1. The zero-order valence-electron chi connectivity index (χ0n) is 17.7. The van der Waals surface area contributed by atoms with Crippen molar-refractivity contribution in [3.63, 3.8) is 0 Å². The molecule has 3 aromatic rings. The van der Waals surface area contributed by atoms with Gasteiger partial charge in [0.15, 0.2) is 0 Å². The second kappa shape index (κ2) is 9.06. The topological polar surface area (TPSA) is 67.2 Å². The summed E-state index contributed by atoms with van der Waals surface area (Å²) in [6.07, 6.45) is 5.01. The Hall–Kier alpha value is -2.58. The average molecular weight is 425 g/mol. The van der Waals surface area contributed by atoms with Gasteiger partial charge in [0.25, 0.3) is 0 Å². The number of hydrogen-bond acceptors (Lipinski definition) is 6. The van der Waals surface area contributed by atoms with Crippen molar-refractivity contribution >= 4 is 17.2 Å². The van der Waals surface area contributed by atoms with E-state index in [4.69, 9.17) is 0 Å². The normalized spacial score (nSPS) is 16.5. The molecule has 1 unspecified atom stereocenters. The lowest BCUT2D eigenvalue weighted by Crippen LogP contribution is -2.41. The van der Waals surface area contributed by atoms with E-state index in [9.17, 15) is 4.79 Å². The predicted molar refractivity (Wildman–Crippen MR) is 117 cm³/mol. The molecular weight excluding hydrogens is 396 g/mol. The van der Waals surface area contributed by atoms with Crippen LogP contribution in [0.4, 0.5) is 0 Å². The van der Waals surface area contributed by atoms with Crippen molar-refractivity contribution in [3.05, 3.63) is 58.6 Å². The van der Waals surface area contributed by atoms with Crippen molar-refractivity contribution in [2.45, 2.75) is 39.3 Å². The number of benzene rings is 1. The van der Waals surface area contributed by atoms with Crippen molar-refractivity contribution in [2.75, 3.05) is 20.1 Å². The van der Waals surface area contributed by atoms with Crippen LogP contribution >= 0.6 is 11.3 Å². The Morgan fingerprint density at radius 2 is 2.00 bits per heavy atom. The molecule has 0 spiro atoms. The summed E-state index contributed by atoms with van der Waals surface area (Å²) >= 11 is 1.70. The molecule has 0 aliphatic carbocycles. The number of likely N-dealkylation sites (tertiary alicyclic amines) is 1. The molecule has 0 N–H and O–H groups in total. The first-order chi connectivity index (χ1) is 14.5. The molecule has 1 fully saturated rings. The molecule has 0 radical (unpaired) electrons. The molecule has 1 atom stereocenters. The van der Waals surface area contributed by atoms with E-state index in [-0.39, 0.29) is 17.9 Å². The maximum Gasteiger partial charge on any atom is 0.226 e. The number of carbonyl (C=O) groups excluding carboxylic acids is 1. The minimum Gasteiger partial charge on any atom is -0.339 e. The van der Waals surface area contributed by atoms with Gasteiger partial charge in [-0.25, -0.2) is 14.6 Å². The second-order valence-electron chi connectivity index (χ2n) is 7.96. The zero-order chi connectivity index (χ0) is 21.1. The fraction of sp³-hybridized carbons (Fsp3) is 0.455. The maximum atomic E-state index is 13.1. The number of nitrogens with zero attached hydrogens (tertiary/aromatic N) is 6. The van der Waals surface area contributed by atoms with E-state index in [1.54, 1.807) is 22.3 Å². The largest absolute Gasteiger partial charge is 0.339 e. The molecule has 3 heterocycles. The Morgan fingerprint density at radius 1 is 1.27 bits per heavy atom. The monoisotopic (exact) mass is 424 g/mol. The van der Waals surface area contributed by atoms with Gasteiger partial charge in [0.1, 0.15) is 12.7 Å². The van der Waals surface area contributed by atoms with Gasteiger partial charge in [-0.1, -0.05) is 12.1 Å². The van der Waals surface area contributed by atoms with Crippen LogP contribution in [-0.4, -0.2) is 55.6 Å². The number of carbonyl (C=O) groups is 1. The van der Waals surface area contributed by atoms with Gasteiger partial charge in [0, 0.05) is 24.9 Å². The van der Waals surface area contributed by atoms with E-state index in [1.165, 1.54) is 6.33 Å². The number of hydrogen-bond donors (Lipinski definition) is 0. The Labute approximate surface area is 181 Å². The van der Waals surface area contributed by atoms with Gasteiger partial charge in [0.05, 0.1) is 22.4 Å². The second-order valence-corrected chi connectivity index (χ2v) is 9.03. The molecule has 1 amide bonds. The van der Waals surface area contributed by atoms with E-state index in [1.807, 2.05) is 31.0 Å². The van der Waals surface area contributed by atoms with Crippen molar-refractivity contribution in [2.24, 2.45) is 5.92 Å². The third-order valence-corrected chi connectivity index (χ3v) is 6.80. The van der Waals surface area contributed by atoms with Crippen molar-refractivity contribution in [1.29, 1.82) is 0 Å². The third kappa shape index (κ3) is 4.60. The fourth-order valence-electron chi connectivity index (χ4n) is 4.00. The third-order valence-electron chi connectivity index (χ3n) is 5.98. The Kier molecular flexibility index (Phi) is 6.24. The van der Waals surface area contributed by atoms with E-state index < -0.39 is 0 Å². The lowest BCUT2D eigenvalue weighted by atomic mass is 9.94. The highest BCUT2D eigenvalue weighted by Gasteiger charge is 2.29. The Morgan fingerprint density at radius 3 is 2.60 bits per heavy atom. The number of aromatic nitrogens is 4. The molecule has 1 aliphatic rings. The number of piperidine rings is 1. The lowest BCUT2D eigenvalue weighted by Gasteiger charge is -2.34. The summed E-state index contributed by atoms with van der Waals surface area (Å²) in [5.74, 6) is 0.340. The molecule has 2 aromatic heterocycles. The van der Waals surface area contributed by atoms with Gasteiger partial charge in [-0.3, -0.25) is 9.69 Å². The molecule has 4 rings (SSSR count). The van der Waals surface area contributed by atoms with Crippen molar-refractivity contribution in [3.8, 4) is 5.69 Å². The van der Waals surface area contributed by atoms with Crippen LogP contribution in [0.15, 0.2) is 42.3 Å². The summed E-state index contributed by atoms with van der Waals surface area (Å²) in [7, 11) is 1.92. The molecule has 30 heavy (non-hydrogen) atoms. The van der Waals surface area contributed by atoms with Crippen molar-refractivity contribution in [1.82, 2.24) is 29.5 Å². The first-order valence-corrected chi connectivity index (χ1v) is 11.2. The predicted octanol–water partition coefficient (Wildman–Crippen LogP) is 3.46. The fourth-order valence-corrected chi connectivity index (χ4v) is 4.60. The summed E-state index contributed by atoms with van der Waals surface area (Å²) in [6.45, 7) is 6.90.